The largest absolute Gasteiger partial charge is 0.297 e. The van der Waals surface area contributed by atoms with Crippen molar-refractivity contribution in [2.24, 2.45) is 5.92 Å². The quantitative estimate of drug-likeness (QED) is 0.758. The molecule has 1 aliphatic heterocycles. The van der Waals surface area contributed by atoms with Gasteiger partial charge in [0.1, 0.15) is 0 Å². The molecule has 0 aromatic carbocycles. The number of hydrogen-bond donors (Lipinski definition) is 0. The van der Waals surface area contributed by atoms with Crippen molar-refractivity contribution in [3.05, 3.63) is 18.0 Å². The maximum absolute atomic E-state index is 6.30. The van der Waals surface area contributed by atoms with Gasteiger partial charge >= 0.3 is 0 Å². The fourth-order valence-electron chi connectivity index (χ4n) is 2.15. The molecule has 2 rings (SSSR count). The molecule has 0 aliphatic carbocycles. The van der Waals surface area contributed by atoms with Crippen LogP contribution in [0.15, 0.2) is 12.4 Å². The first kappa shape index (κ1) is 11.9. The lowest BCUT2D eigenvalue weighted by atomic mass is 9.98. The summed E-state index contributed by atoms with van der Waals surface area (Å²) in [5, 5.41) is 4.59. The molecule has 0 bridgehead atoms. The van der Waals surface area contributed by atoms with Gasteiger partial charge in [-0.1, -0.05) is 6.92 Å². The van der Waals surface area contributed by atoms with Crippen LogP contribution < -0.4 is 0 Å². The van der Waals surface area contributed by atoms with Crippen molar-refractivity contribution in [1.82, 2.24) is 14.7 Å². The minimum atomic E-state index is 0.301. The van der Waals surface area contributed by atoms with E-state index in [9.17, 15) is 0 Å². The van der Waals surface area contributed by atoms with Crippen molar-refractivity contribution < 1.29 is 0 Å². The zero-order valence-electron chi connectivity index (χ0n) is 10.1. The maximum Gasteiger partial charge on any atom is 0.0534 e. The molecule has 2 atom stereocenters. The Labute approximate surface area is 102 Å². The molecule has 1 aromatic heterocycles. The molecular formula is C12H20ClN3. The average Bonchev–Trinajstić information content (AvgIpc) is 2.71. The van der Waals surface area contributed by atoms with Crippen LogP contribution in [0.2, 0.25) is 0 Å². The molecule has 0 amide bonds. The van der Waals surface area contributed by atoms with Crippen molar-refractivity contribution in [2.75, 3.05) is 13.1 Å². The molecule has 90 valence electrons. The molecule has 0 spiro atoms. The second-order valence-electron chi connectivity index (χ2n) is 4.72. The van der Waals surface area contributed by atoms with Crippen LogP contribution in [0.25, 0.3) is 0 Å². The number of likely N-dealkylation sites (tertiary alicyclic amines) is 1. The Morgan fingerprint density at radius 3 is 3.00 bits per heavy atom. The Morgan fingerprint density at radius 1 is 1.56 bits per heavy atom. The number of halogens is 1. The number of hydrogen-bond acceptors (Lipinski definition) is 2. The topological polar surface area (TPSA) is 21.1 Å². The molecule has 1 fully saturated rings. The summed E-state index contributed by atoms with van der Waals surface area (Å²) in [5.41, 5.74) is 1.29. The summed E-state index contributed by atoms with van der Waals surface area (Å²) in [6.45, 7) is 8.42. The van der Waals surface area contributed by atoms with Crippen LogP contribution in [0, 0.1) is 5.92 Å². The Bertz CT molecular complexity index is 337. The second-order valence-corrected chi connectivity index (χ2v) is 5.28. The number of aromatic nitrogens is 2. The molecule has 3 nitrogen and oxygen atoms in total. The third-order valence-electron chi connectivity index (χ3n) is 3.37. The van der Waals surface area contributed by atoms with E-state index < -0.39 is 0 Å². The van der Waals surface area contributed by atoms with E-state index in [2.05, 4.69) is 30.0 Å². The lowest BCUT2D eigenvalue weighted by Crippen LogP contribution is -2.39. The Hall–Kier alpha value is -0.540. The van der Waals surface area contributed by atoms with E-state index in [1.165, 1.54) is 12.0 Å². The van der Waals surface area contributed by atoms with Gasteiger partial charge in [0.15, 0.2) is 0 Å². The van der Waals surface area contributed by atoms with Gasteiger partial charge in [0, 0.05) is 36.8 Å². The molecular weight excluding hydrogens is 222 g/mol. The van der Waals surface area contributed by atoms with Gasteiger partial charge in [-0.2, -0.15) is 5.10 Å². The number of piperidine rings is 1. The first-order valence-corrected chi connectivity index (χ1v) is 6.50. The standard InChI is InChI=1S/C12H20ClN3/c1-3-16-8-11(6-14-16)7-15-5-4-10(2)12(13)9-15/h6,8,10,12H,3-5,7,9H2,1-2H3. The van der Waals surface area contributed by atoms with Crippen molar-refractivity contribution >= 4 is 11.6 Å². The van der Waals surface area contributed by atoms with Crippen LogP contribution in [0.3, 0.4) is 0 Å². The monoisotopic (exact) mass is 241 g/mol. The van der Waals surface area contributed by atoms with Gasteiger partial charge < -0.3 is 0 Å². The molecule has 1 aliphatic rings. The molecule has 2 heterocycles. The Balaban J connectivity index is 1.90. The van der Waals surface area contributed by atoms with Crippen LogP contribution in [-0.4, -0.2) is 33.1 Å². The van der Waals surface area contributed by atoms with E-state index in [0.29, 0.717) is 11.3 Å². The zero-order chi connectivity index (χ0) is 11.5. The van der Waals surface area contributed by atoms with Crippen LogP contribution in [0.1, 0.15) is 25.8 Å². The van der Waals surface area contributed by atoms with E-state index in [-0.39, 0.29) is 0 Å². The predicted octanol–water partition coefficient (Wildman–Crippen LogP) is 2.35. The second kappa shape index (κ2) is 5.19. The third-order valence-corrected chi connectivity index (χ3v) is 3.94. The van der Waals surface area contributed by atoms with Gasteiger partial charge in [0.05, 0.1) is 6.20 Å². The van der Waals surface area contributed by atoms with Crippen molar-refractivity contribution in [2.45, 2.75) is 38.7 Å². The SMILES string of the molecule is CCn1cc(CN2CCC(C)C(Cl)C2)cn1. The number of rotatable bonds is 3. The number of nitrogens with zero attached hydrogens (tertiary/aromatic N) is 3. The van der Waals surface area contributed by atoms with Crippen molar-refractivity contribution in [3.8, 4) is 0 Å². The van der Waals surface area contributed by atoms with Crippen molar-refractivity contribution in [1.29, 1.82) is 0 Å². The van der Waals surface area contributed by atoms with Gasteiger partial charge in [-0.15, -0.1) is 11.6 Å². The highest BCUT2D eigenvalue weighted by atomic mass is 35.5. The highest BCUT2D eigenvalue weighted by molar-refractivity contribution is 6.21. The maximum atomic E-state index is 6.30. The number of alkyl halides is 1. The fourth-order valence-corrected chi connectivity index (χ4v) is 2.47. The summed E-state index contributed by atoms with van der Waals surface area (Å²) in [7, 11) is 0. The Kier molecular flexibility index (Phi) is 3.87. The zero-order valence-corrected chi connectivity index (χ0v) is 10.8. The molecule has 16 heavy (non-hydrogen) atoms. The summed E-state index contributed by atoms with van der Waals surface area (Å²) >= 11 is 6.30. The van der Waals surface area contributed by atoms with Gasteiger partial charge in [-0.05, 0) is 25.8 Å². The van der Waals surface area contributed by atoms with Crippen LogP contribution >= 0.6 is 11.6 Å². The van der Waals surface area contributed by atoms with Crippen molar-refractivity contribution in [3.63, 3.8) is 0 Å². The minimum Gasteiger partial charge on any atom is -0.297 e. The molecule has 4 heteroatoms. The van der Waals surface area contributed by atoms with Gasteiger partial charge in [0.25, 0.3) is 0 Å². The summed E-state index contributed by atoms with van der Waals surface area (Å²) in [6.07, 6.45) is 5.29. The molecule has 1 saturated heterocycles. The lowest BCUT2D eigenvalue weighted by molar-refractivity contribution is 0.189. The third kappa shape index (κ3) is 2.77. The van der Waals surface area contributed by atoms with Crippen LogP contribution in [0.5, 0.6) is 0 Å². The molecule has 1 aromatic rings. The van der Waals surface area contributed by atoms with Crippen LogP contribution in [0.4, 0.5) is 0 Å². The highest BCUT2D eigenvalue weighted by Gasteiger charge is 2.24. The van der Waals surface area contributed by atoms with E-state index >= 15 is 0 Å². The summed E-state index contributed by atoms with van der Waals surface area (Å²) in [6, 6.07) is 0. The van der Waals surface area contributed by atoms with Gasteiger partial charge in [-0.25, -0.2) is 0 Å². The smallest absolute Gasteiger partial charge is 0.0534 e. The van der Waals surface area contributed by atoms with Gasteiger partial charge in [0.2, 0.25) is 0 Å². The van der Waals surface area contributed by atoms with E-state index in [1.54, 1.807) is 0 Å². The predicted molar refractivity (Wildman–Crippen MR) is 66.6 cm³/mol. The first-order chi connectivity index (χ1) is 7.69. The molecule has 0 N–H and O–H groups in total. The van der Waals surface area contributed by atoms with Crippen LogP contribution in [-0.2, 0) is 13.1 Å². The lowest BCUT2D eigenvalue weighted by Gasteiger charge is -2.33. The first-order valence-electron chi connectivity index (χ1n) is 6.06. The fraction of sp³-hybridized carbons (Fsp3) is 0.750. The Morgan fingerprint density at radius 2 is 2.38 bits per heavy atom. The van der Waals surface area contributed by atoms with E-state index in [1.807, 2.05) is 10.9 Å². The van der Waals surface area contributed by atoms with E-state index in [0.717, 1.165) is 26.2 Å². The summed E-state index contributed by atoms with van der Waals surface area (Å²) in [5.74, 6) is 0.649. The number of aryl methyl sites for hydroxylation is 1. The minimum absolute atomic E-state index is 0.301. The average molecular weight is 242 g/mol. The molecule has 0 radical (unpaired) electrons. The van der Waals surface area contributed by atoms with E-state index in [4.69, 9.17) is 11.6 Å². The normalized spacial score (nSPS) is 27.2. The highest BCUT2D eigenvalue weighted by Crippen LogP contribution is 2.22. The summed E-state index contributed by atoms with van der Waals surface area (Å²) < 4.78 is 1.97. The molecule has 0 saturated carbocycles. The van der Waals surface area contributed by atoms with Gasteiger partial charge in [-0.3, -0.25) is 9.58 Å². The molecule has 2 unspecified atom stereocenters. The summed E-state index contributed by atoms with van der Waals surface area (Å²) in [4.78, 5) is 2.43.